The van der Waals surface area contributed by atoms with Crippen LogP contribution in [0.4, 0.5) is 0 Å². The second-order valence-electron chi connectivity index (χ2n) is 4.40. The van der Waals surface area contributed by atoms with Crippen LogP contribution in [0.15, 0.2) is 12.7 Å². The lowest BCUT2D eigenvalue weighted by molar-refractivity contribution is -0.123. The lowest BCUT2D eigenvalue weighted by atomic mass is 9.61. The Kier molecular flexibility index (Phi) is 3.29. The Bertz CT molecular complexity index is 197. The van der Waals surface area contributed by atoms with Crippen LogP contribution >= 0.6 is 0 Å². The van der Waals surface area contributed by atoms with Crippen molar-refractivity contribution in [1.82, 2.24) is 0 Å². The molecule has 0 bridgehead atoms. The Morgan fingerprint density at radius 3 is 2.69 bits per heavy atom. The van der Waals surface area contributed by atoms with E-state index in [0.717, 1.165) is 6.42 Å². The molecule has 1 nitrogen and oxygen atoms in total. The van der Waals surface area contributed by atoms with Crippen molar-refractivity contribution in [2.45, 2.75) is 39.5 Å². The van der Waals surface area contributed by atoms with Gasteiger partial charge in [0.1, 0.15) is 6.29 Å². The Balaban J connectivity index is 2.87. The summed E-state index contributed by atoms with van der Waals surface area (Å²) in [7, 11) is 0. The second kappa shape index (κ2) is 4.08. The van der Waals surface area contributed by atoms with E-state index in [-0.39, 0.29) is 5.41 Å². The average molecular weight is 180 g/mol. The van der Waals surface area contributed by atoms with Gasteiger partial charge < -0.3 is 4.79 Å². The van der Waals surface area contributed by atoms with Crippen molar-refractivity contribution in [3.05, 3.63) is 12.7 Å². The minimum atomic E-state index is -0.111. The summed E-state index contributed by atoms with van der Waals surface area (Å²) >= 11 is 0. The number of aldehydes is 1. The van der Waals surface area contributed by atoms with Crippen molar-refractivity contribution in [2.24, 2.45) is 17.3 Å². The third kappa shape index (κ3) is 1.70. The normalized spacial score (nSPS) is 36.6. The average Bonchev–Trinajstić information content (AvgIpc) is 2.18. The first-order valence-corrected chi connectivity index (χ1v) is 5.26. The number of carbonyl (C=O) groups is 1. The topological polar surface area (TPSA) is 17.1 Å². The summed E-state index contributed by atoms with van der Waals surface area (Å²) in [6.07, 6.45) is 7.82. The molecule has 0 N–H and O–H groups in total. The lowest BCUT2D eigenvalue weighted by Gasteiger charge is -2.41. The molecular weight excluding hydrogens is 160 g/mol. The SMILES string of the molecule is C=CC(C)C1(C=O)CCCCC1C. The second-order valence-corrected chi connectivity index (χ2v) is 4.40. The third-order valence-corrected chi connectivity index (χ3v) is 3.84. The smallest absolute Gasteiger partial charge is 0.126 e. The zero-order valence-corrected chi connectivity index (χ0v) is 8.75. The number of hydrogen-bond acceptors (Lipinski definition) is 1. The van der Waals surface area contributed by atoms with Crippen molar-refractivity contribution in [3.8, 4) is 0 Å². The van der Waals surface area contributed by atoms with E-state index in [1.54, 1.807) is 0 Å². The van der Waals surface area contributed by atoms with Crippen molar-refractivity contribution in [2.75, 3.05) is 0 Å². The molecule has 1 fully saturated rings. The van der Waals surface area contributed by atoms with Gasteiger partial charge in [0.2, 0.25) is 0 Å². The molecule has 1 saturated carbocycles. The van der Waals surface area contributed by atoms with Crippen molar-refractivity contribution < 1.29 is 4.79 Å². The first-order valence-electron chi connectivity index (χ1n) is 5.26. The van der Waals surface area contributed by atoms with Crippen LogP contribution in [0.1, 0.15) is 39.5 Å². The fraction of sp³-hybridized carbons (Fsp3) is 0.750. The molecular formula is C12H20O. The van der Waals surface area contributed by atoms with Gasteiger partial charge in [-0.15, -0.1) is 6.58 Å². The molecule has 0 saturated heterocycles. The summed E-state index contributed by atoms with van der Waals surface area (Å²) < 4.78 is 0. The van der Waals surface area contributed by atoms with E-state index in [1.165, 1.54) is 25.5 Å². The standard InChI is InChI=1S/C12H20O/c1-4-10(2)12(9-13)8-6-5-7-11(12)3/h4,9-11H,1,5-8H2,2-3H3. The fourth-order valence-electron chi connectivity index (χ4n) is 2.58. The third-order valence-electron chi connectivity index (χ3n) is 3.84. The van der Waals surface area contributed by atoms with Gasteiger partial charge in [-0.3, -0.25) is 0 Å². The van der Waals surface area contributed by atoms with Crippen LogP contribution in [-0.4, -0.2) is 6.29 Å². The van der Waals surface area contributed by atoms with Crippen LogP contribution in [0.5, 0.6) is 0 Å². The highest BCUT2D eigenvalue weighted by Crippen LogP contribution is 2.45. The van der Waals surface area contributed by atoms with Crippen LogP contribution in [-0.2, 0) is 4.79 Å². The van der Waals surface area contributed by atoms with E-state index in [4.69, 9.17) is 0 Å². The number of hydrogen-bond donors (Lipinski definition) is 0. The molecule has 3 unspecified atom stereocenters. The zero-order chi connectivity index (χ0) is 9.90. The van der Waals surface area contributed by atoms with Crippen LogP contribution in [0.2, 0.25) is 0 Å². The van der Waals surface area contributed by atoms with Crippen molar-refractivity contribution >= 4 is 6.29 Å². The van der Waals surface area contributed by atoms with Gasteiger partial charge in [0.05, 0.1) is 0 Å². The predicted molar refractivity (Wildman–Crippen MR) is 55.5 cm³/mol. The van der Waals surface area contributed by atoms with E-state index in [1.807, 2.05) is 6.08 Å². The Hall–Kier alpha value is -0.590. The van der Waals surface area contributed by atoms with Gasteiger partial charge in [-0.2, -0.15) is 0 Å². The van der Waals surface area contributed by atoms with Gasteiger partial charge in [-0.25, -0.2) is 0 Å². The van der Waals surface area contributed by atoms with E-state index in [0.29, 0.717) is 11.8 Å². The van der Waals surface area contributed by atoms with Gasteiger partial charge in [0.25, 0.3) is 0 Å². The van der Waals surface area contributed by atoms with Crippen LogP contribution in [0.25, 0.3) is 0 Å². The van der Waals surface area contributed by atoms with Gasteiger partial charge in [-0.05, 0) is 24.7 Å². The molecule has 0 heterocycles. The molecule has 0 aromatic rings. The first-order chi connectivity index (χ1) is 6.17. The highest BCUT2D eigenvalue weighted by Gasteiger charge is 2.41. The van der Waals surface area contributed by atoms with Crippen LogP contribution in [0, 0.1) is 17.3 Å². The lowest BCUT2D eigenvalue weighted by Crippen LogP contribution is -2.38. The van der Waals surface area contributed by atoms with E-state index in [2.05, 4.69) is 20.4 Å². The molecule has 0 amide bonds. The van der Waals surface area contributed by atoms with Crippen molar-refractivity contribution in [1.29, 1.82) is 0 Å². The largest absolute Gasteiger partial charge is 0.303 e. The molecule has 0 aliphatic heterocycles. The molecule has 74 valence electrons. The summed E-state index contributed by atoms with van der Waals surface area (Å²) in [5.74, 6) is 0.840. The summed E-state index contributed by atoms with van der Waals surface area (Å²) in [6.45, 7) is 8.12. The predicted octanol–water partition coefficient (Wildman–Crippen LogP) is 3.20. The zero-order valence-electron chi connectivity index (χ0n) is 8.75. The van der Waals surface area contributed by atoms with Gasteiger partial charge in [-0.1, -0.05) is 32.8 Å². The molecule has 0 aromatic heterocycles. The maximum atomic E-state index is 11.2. The maximum Gasteiger partial charge on any atom is 0.126 e. The molecule has 3 atom stereocenters. The van der Waals surface area contributed by atoms with E-state index in [9.17, 15) is 4.79 Å². The molecule has 13 heavy (non-hydrogen) atoms. The van der Waals surface area contributed by atoms with Gasteiger partial charge in [0.15, 0.2) is 0 Å². The molecule has 1 aliphatic rings. The highest BCUT2D eigenvalue weighted by molar-refractivity contribution is 5.61. The number of allylic oxidation sites excluding steroid dienone is 1. The first kappa shape index (κ1) is 10.5. The summed E-state index contributed by atoms with van der Waals surface area (Å²) in [5.41, 5.74) is -0.111. The van der Waals surface area contributed by atoms with Crippen LogP contribution in [0.3, 0.4) is 0 Å². The molecule has 0 aromatic carbocycles. The fourth-order valence-corrected chi connectivity index (χ4v) is 2.58. The Labute approximate surface area is 81.2 Å². The maximum absolute atomic E-state index is 11.2. The Morgan fingerprint density at radius 2 is 2.23 bits per heavy atom. The highest BCUT2D eigenvalue weighted by atomic mass is 16.1. The molecule has 1 aliphatic carbocycles. The molecule has 1 rings (SSSR count). The molecule has 1 heteroatoms. The van der Waals surface area contributed by atoms with Crippen LogP contribution < -0.4 is 0 Å². The molecule has 0 radical (unpaired) electrons. The summed E-state index contributed by atoms with van der Waals surface area (Å²) in [5, 5.41) is 0. The quantitative estimate of drug-likeness (QED) is 0.481. The summed E-state index contributed by atoms with van der Waals surface area (Å²) in [4.78, 5) is 11.2. The Morgan fingerprint density at radius 1 is 1.54 bits per heavy atom. The number of carbonyl (C=O) groups excluding carboxylic acids is 1. The van der Waals surface area contributed by atoms with Crippen molar-refractivity contribution in [3.63, 3.8) is 0 Å². The van der Waals surface area contributed by atoms with Gasteiger partial charge >= 0.3 is 0 Å². The number of rotatable bonds is 3. The minimum Gasteiger partial charge on any atom is -0.303 e. The van der Waals surface area contributed by atoms with E-state index < -0.39 is 0 Å². The monoisotopic (exact) mass is 180 g/mol. The van der Waals surface area contributed by atoms with Gasteiger partial charge in [0, 0.05) is 5.41 Å². The summed E-state index contributed by atoms with van der Waals surface area (Å²) in [6, 6.07) is 0. The molecule has 0 spiro atoms. The minimum absolute atomic E-state index is 0.111. The van der Waals surface area contributed by atoms with E-state index >= 15 is 0 Å².